The van der Waals surface area contributed by atoms with Crippen molar-refractivity contribution < 1.29 is 9.53 Å². The number of nitrogens with zero attached hydrogens (tertiary/aromatic N) is 1. The van der Waals surface area contributed by atoms with Crippen LogP contribution >= 0.6 is 23.2 Å². The van der Waals surface area contributed by atoms with Gasteiger partial charge in [0.25, 0.3) is 0 Å². The van der Waals surface area contributed by atoms with Gasteiger partial charge in [-0.25, -0.2) is 4.98 Å². The molecule has 2 aromatic rings. The summed E-state index contributed by atoms with van der Waals surface area (Å²) in [5.41, 5.74) is 0.720. The Morgan fingerprint density at radius 2 is 2.05 bits per heavy atom. The summed E-state index contributed by atoms with van der Waals surface area (Å²) in [6.45, 7) is 1.74. The second-order valence-corrected chi connectivity index (χ2v) is 5.41. The van der Waals surface area contributed by atoms with E-state index in [0.717, 1.165) is 5.69 Å². The molecule has 0 fully saturated rings. The van der Waals surface area contributed by atoms with E-state index in [1.54, 1.807) is 44.4 Å². The van der Waals surface area contributed by atoms with Gasteiger partial charge in [0.05, 0.1) is 17.2 Å². The summed E-state index contributed by atoms with van der Waals surface area (Å²) < 4.78 is 5.08. The maximum atomic E-state index is 12.1. The minimum atomic E-state index is -0.470. The first-order valence-corrected chi connectivity index (χ1v) is 7.27. The highest BCUT2D eigenvalue weighted by molar-refractivity contribution is 6.32. The lowest BCUT2D eigenvalue weighted by Gasteiger charge is -2.15. The number of carbonyl (C=O) groups is 1. The van der Waals surface area contributed by atoms with Crippen LogP contribution in [0.4, 0.5) is 11.5 Å². The zero-order chi connectivity index (χ0) is 16.1. The third-order valence-corrected chi connectivity index (χ3v) is 3.43. The molecule has 22 heavy (non-hydrogen) atoms. The second kappa shape index (κ2) is 7.33. The molecule has 1 heterocycles. The number of nitrogens with one attached hydrogen (secondary N) is 2. The quantitative estimate of drug-likeness (QED) is 0.868. The fraction of sp³-hybridized carbons (Fsp3) is 0.200. The lowest BCUT2D eigenvalue weighted by Crippen LogP contribution is -2.32. The Kier molecular flexibility index (Phi) is 5.46. The molecule has 0 unspecified atom stereocenters. The maximum absolute atomic E-state index is 12.1. The molecule has 1 aromatic heterocycles. The van der Waals surface area contributed by atoms with Crippen molar-refractivity contribution in [1.82, 2.24) is 4.98 Å². The summed E-state index contributed by atoms with van der Waals surface area (Å²) in [5, 5.41) is 6.74. The minimum Gasteiger partial charge on any atom is -0.495 e. The summed E-state index contributed by atoms with van der Waals surface area (Å²) in [7, 11) is 1.55. The highest BCUT2D eigenvalue weighted by Gasteiger charge is 2.14. The third-order valence-electron chi connectivity index (χ3n) is 2.91. The first-order valence-electron chi connectivity index (χ1n) is 6.52. The van der Waals surface area contributed by atoms with Crippen LogP contribution in [-0.2, 0) is 4.79 Å². The molecule has 0 aliphatic rings. The molecule has 1 aromatic carbocycles. The van der Waals surface area contributed by atoms with E-state index >= 15 is 0 Å². The van der Waals surface area contributed by atoms with Crippen LogP contribution in [0, 0.1) is 0 Å². The monoisotopic (exact) mass is 339 g/mol. The van der Waals surface area contributed by atoms with E-state index in [9.17, 15) is 4.79 Å². The molecular formula is C15H15Cl2N3O2. The molecular weight excluding hydrogens is 325 g/mol. The van der Waals surface area contributed by atoms with Gasteiger partial charge in [0.15, 0.2) is 0 Å². The van der Waals surface area contributed by atoms with E-state index in [1.807, 2.05) is 0 Å². The smallest absolute Gasteiger partial charge is 0.247 e. The van der Waals surface area contributed by atoms with Crippen LogP contribution in [0.3, 0.4) is 0 Å². The Morgan fingerprint density at radius 1 is 1.27 bits per heavy atom. The van der Waals surface area contributed by atoms with Gasteiger partial charge in [-0.3, -0.25) is 4.79 Å². The molecule has 116 valence electrons. The van der Waals surface area contributed by atoms with E-state index in [0.29, 0.717) is 21.6 Å². The Morgan fingerprint density at radius 3 is 2.64 bits per heavy atom. The largest absolute Gasteiger partial charge is 0.495 e. The molecule has 0 saturated heterocycles. The molecule has 0 saturated carbocycles. The molecule has 0 radical (unpaired) electrons. The Labute approximate surface area is 138 Å². The third kappa shape index (κ3) is 4.26. The van der Waals surface area contributed by atoms with Gasteiger partial charge >= 0.3 is 0 Å². The van der Waals surface area contributed by atoms with Crippen molar-refractivity contribution in [2.45, 2.75) is 13.0 Å². The molecule has 2 N–H and O–H groups in total. The van der Waals surface area contributed by atoms with Crippen LogP contribution in [0.1, 0.15) is 6.92 Å². The number of ether oxygens (including phenoxy) is 1. The lowest BCUT2D eigenvalue weighted by molar-refractivity contribution is -0.116. The number of rotatable bonds is 5. The predicted molar refractivity (Wildman–Crippen MR) is 89.0 cm³/mol. The van der Waals surface area contributed by atoms with Crippen molar-refractivity contribution in [2.75, 3.05) is 17.7 Å². The van der Waals surface area contributed by atoms with Crippen LogP contribution in [0.25, 0.3) is 0 Å². The van der Waals surface area contributed by atoms with Crippen molar-refractivity contribution >= 4 is 40.6 Å². The first-order chi connectivity index (χ1) is 10.5. The zero-order valence-corrected chi connectivity index (χ0v) is 13.6. The molecule has 0 bridgehead atoms. The van der Waals surface area contributed by atoms with E-state index in [-0.39, 0.29) is 5.91 Å². The fourth-order valence-electron chi connectivity index (χ4n) is 1.76. The van der Waals surface area contributed by atoms with Gasteiger partial charge < -0.3 is 15.4 Å². The van der Waals surface area contributed by atoms with E-state index in [1.165, 1.54) is 6.20 Å². The normalized spacial score (nSPS) is 11.6. The van der Waals surface area contributed by atoms with Crippen LogP contribution in [-0.4, -0.2) is 24.0 Å². The number of hydrogen-bond donors (Lipinski definition) is 2. The van der Waals surface area contributed by atoms with Crippen LogP contribution in [0.15, 0.2) is 36.5 Å². The van der Waals surface area contributed by atoms with Gasteiger partial charge in [-0.15, -0.1) is 0 Å². The topological polar surface area (TPSA) is 63.2 Å². The number of hydrogen-bond acceptors (Lipinski definition) is 4. The number of carbonyl (C=O) groups excluding carboxylic acids is 1. The average Bonchev–Trinajstić information content (AvgIpc) is 2.49. The zero-order valence-electron chi connectivity index (χ0n) is 12.1. The number of anilines is 2. The van der Waals surface area contributed by atoms with Gasteiger partial charge in [-0.1, -0.05) is 23.2 Å². The number of halogens is 2. The van der Waals surface area contributed by atoms with Crippen molar-refractivity contribution in [3.05, 3.63) is 46.6 Å². The van der Waals surface area contributed by atoms with Crippen LogP contribution in [0.2, 0.25) is 10.0 Å². The molecule has 5 nitrogen and oxygen atoms in total. The molecule has 1 amide bonds. The summed E-state index contributed by atoms with van der Waals surface area (Å²) in [6, 6.07) is 8.04. The SMILES string of the molecule is COc1ccc(N[C@@H](C)C(=O)Nc2ccc(Cl)cn2)cc1Cl. The Hall–Kier alpha value is -1.98. The number of pyridine rings is 1. The number of amides is 1. The molecule has 0 aliphatic carbocycles. The minimum absolute atomic E-state index is 0.221. The van der Waals surface area contributed by atoms with E-state index < -0.39 is 6.04 Å². The van der Waals surface area contributed by atoms with E-state index in [4.69, 9.17) is 27.9 Å². The molecule has 7 heteroatoms. The van der Waals surface area contributed by atoms with Gasteiger partial charge in [0, 0.05) is 11.9 Å². The van der Waals surface area contributed by atoms with Crippen molar-refractivity contribution in [3.8, 4) is 5.75 Å². The van der Waals surface area contributed by atoms with Crippen molar-refractivity contribution in [2.24, 2.45) is 0 Å². The Bertz CT molecular complexity index is 662. The lowest BCUT2D eigenvalue weighted by atomic mass is 10.2. The molecule has 2 rings (SSSR count). The van der Waals surface area contributed by atoms with Gasteiger partial charge in [0.1, 0.15) is 17.6 Å². The molecule has 0 spiro atoms. The standard InChI is InChI=1S/C15H15Cl2N3O2/c1-9(15(21)20-14-6-3-10(16)8-18-14)19-11-4-5-13(22-2)12(17)7-11/h3-9,19H,1-2H3,(H,18,20,21)/t9-/m0/s1. The number of aromatic nitrogens is 1. The van der Waals surface area contributed by atoms with Crippen LogP contribution in [0.5, 0.6) is 5.75 Å². The summed E-state index contributed by atoms with van der Waals surface area (Å²) in [5.74, 6) is 0.798. The highest BCUT2D eigenvalue weighted by Crippen LogP contribution is 2.27. The van der Waals surface area contributed by atoms with Crippen molar-refractivity contribution in [3.63, 3.8) is 0 Å². The summed E-state index contributed by atoms with van der Waals surface area (Å²) in [4.78, 5) is 16.1. The van der Waals surface area contributed by atoms with Gasteiger partial charge in [-0.05, 0) is 37.3 Å². The van der Waals surface area contributed by atoms with Gasteiger partial charge in [-0.2, -0.15) is 0 Å². The average molecular weight is 340 g/mol. The highest BCUT2D eigenvalue weighted by atomic mass is 35.5. The van der Waals surface area contributed by atoms with Gasteiger partial charge in [0.2, 0.25) is 5.91 Å². The van der Waals surface area contributed by atoms with Crippen molar-refractivity contribution in [1.29, 1.82) is 0 Å². The maximum Gasteiger partial charge on any atom is 0.247 e. The van der Waals surface area contributed by atoms with E-state index in [2.05, 4.69) is 15.6 Å². The first kappa shape index (κ1) is 16.4. The fourth-order valence-corrected chi connectivity index (χ4v) is 2.13. The Balaban J connectivity index is 1.99. The summed E-state index contributed by atoms with van der Waals surface area (Å²) >= 11 is 11.8. The molecule has 0 aliphatic heterocycles. The van der Waals surface area contributed by atoms with Crippen LogP contribution < -0.4 is 15.4 Å². The predicted octanol–water partition coefficient (Wildman–Crippen LogP) is 3.84. The summed E-state index contributed by atoms with van der Waals surface area (Å²) in [6.07, 6.45) is 1.47. The number of benzene rings is 1. The number of methoxy groups -OCH3 is 1. The second-order valence-electron chi connectivity index (χ2n) is 4.57. The molecule has 1 atom stereocenters.